The van der Waals surface area contributed by atoms with Crippen molar-refractivity contribution in [2.24, 2.45) is 0 Å². The minimum atomic E-state index is 0. The molecule has 2 rings (SSSR count). The van der Waals surface area contributed by atoms with Crippen LogP contribution in [-0.2, 0) is 17.1 Å². The van der Waals surface area contributed by atoms with Crippen molar-refractivity contribution in [2.45, 2.75) is 19.4 Å². The standard InChI is InChI=1S/2C5H5.C3H10Si.Fe/c2*1-2-4-5-3-1;1-2-3-4;/h2*1-5H;2-3H2,1,4H3;/q-5;-1;;. The zero-order valence-corrected chi connectivity index (χ0v) is 12.6. The van der Waals surface area contributed by atoms with Gasteiger partial charge in [0, 0.05) is 27.3 Å². The monoisotopic (exact) mass is 260 g/mol. The molecule has 0 bridgehead atoms. The second-order valence-corrected chi connectivity index (χ2v) is 3.92. The molecule has 0 aliphatic carbocycles. The Morgan fingerprint density at radius 3 is 1.40 bits per heavy atom. The molecule has 0 N–H and O–H groups in total. The average Bonchev–Trinajstić information content (AvgIpc) is 2.94. The van der Waals surface area contributed by atoms with Crippen LogP contribution in [0.25, 0.3) is 0 Å². The van der Waals surface area contributed by atoms with E-state index in [1.54, 1.807) is 0 Å². The second-order valence-electron chi connectivity index (χ2n) is 2.92. The molecule has 0 spiro atoms. The van der Waals surface area contributed by atoms with Crippen molar-refractivity contribution >= 4 is 10.2 Å². The van der Waals surface area contributed by atoms with E-state index in [1.807, 2.05) is 60.7 Å². The molecule has 2 heteroatoms. The summed E-state index contributed by atoms with van der Waals surface area (Å²) in [6.45, 7) is 2.22. The maximum atomic E-state index is 2.22. The van der Waals surface area contributed by atoms with E-state index in [4.69, 9.17) is 0 Å². The van der Waals surface area contributed by atoms with E-state index in [0.717, 1.165) is 0 Å². The number of rotatable bonds is 1. The predicted molar refractivity (Wildman–Crippen MR) is 69.1 cm³/mol. The molecular weight excluding hydrogens is 240 g/mol. The minimum Gasteiger partial charge on any atom is -0.748 e. The predicted octanol–water partition coefficient (Wildman–Crippen LogP) is 2.99. The van der Waals surface area contributed by atoms with Gasteiger partial charge in [-0.15, -0.1) is 0 Å². The molecule has 0 heterocycles. The molecule has 0 aliphatic heterocycles. The van der Waals surface area contributed by atoms with Gasteiger partial charge in [0.1, 0.15) is 0 Å². The Morgan fingerprint density at radius 2 is 1.27 bits per heavy atom. The zero-order chi connectivity index (χ0) is 10.5. The van der Waals surface area contributed by atoms with Gasteiger partial charge in [-0.3, -0.25) is 0 Å². The first-order valence-corrected chi connectivity index (χ1v) is 6.66. The summed E-state index contributed by atoms with van der Waals surface area (Å²) in [4.78, 5) is 0. The summed E-state index contributed by atoms with van der Waals surface area (Å²) >= 11 is 0. The fourth-order valence-corrected chi connectivity index (χ4v) is 0.642. The molecule has 0 aromatic heterocycles. The third-order valence-corrected chi connectivity index (χ3v) is 2.61. The fraction of sp³-hybridized carbons (Fsp3) is 0.231. The minimum absolute atomic E-state index is 0. The summed E-state index contributed by atoms with van der Waals surface area (Å²) in [6.07, 6.45) is 1.38. The van der Waals surface area contributed by atoms with E-state index >= 15 is 0 Å². The first-order chi connectivity index (χ1) is 6.91. The molecule has 0 amide bonds. The van der Waals surface area contributed by atoms with Crippen LogP contribution in [0.2, 0.25) is 6.04 Å². The van der Waals surface area contributed by atoms with Gasteiger partial charge >= 0.3 is 0 Å². The maximum Gasteiger partial charge on any atom is 0.00278 e. The van der Waals surface area contributed by atoms with Crippen molar-refractivity contribution in [3.63, 3.8) is 0 Å². The number of hydrogen-bond acceptors (Lipinski definition) is 0. The van der Waals surface area contributed by atoms with Gasteiger partial charge in [-0.25, -0.2) is 12.1 Å². The van der Waals surface area contributed by atoms with Gasteiger partial charge in [0.25, 0.3) is 0 Å². The molecule has 0 saturated carbocycles. The van der Waals surface area contributed by atoms with E-state index in [0.29, 0.717) is 0 Å². The first-order valence-electron chi connectivity index (χ1n) is 5.25. The van der Waals surface area contributed by atoms with Crippen LogP contribution in [0.15, 0.2) is 60.7 Å². The van der Waals surface area contributed by atoms with Crippen LogP contribution in [0.4, 0.5) is 0 Å². The topological polar surface area (TPSA) is 0 Å². The Hall–Kier alpha value is -0.564. The zero-order valence-electron chi connectivity index (χ0n) is 9.54. The normalized spacial score (nSPS) is 7.53. The molecule has 0 saturated heterocycles. The van der Waals surface area contributed by atoms with Gasteiger partial charge in [0.15, 0.2) is 0 Å². The third kappa shape index (κ3) is 16.1. The molecular formula is C13H20FeSi-6. The quantitative estimate of drug-likeness (QED) is 0.546. The van der Waals surface area contributed by atoms with Gasteiger partial charge in [-0.1, -0.05) is 19.4 Å². The van der Waals surface area contributed by atoms with E-state index in [-0.39, 0.29) is 17.1 Å². The van der Waals surface area contributed by atoms with Crippen molar-refractivity contribution in [3.05, 3.63) is 60.7 Å². The third-order valence-electron chi connectivity index (χ3n) is 1.61. The molecule has 0 unspecified atom stereocenters. The Bertz CT molecular complexity index is 173. The van der Waals surface area contributed by atoms with Crippen molar-refractivity contribution < 1.29 is 17.1 Å². The molecule has 0 fully saturated rings. The molecule has 0 radical (unpaired) electrons. The van der Waals surface area contributed by atoms with Gasteiger partial charge in [-0.05, 0) is 0 Å². The Kier molecular flexibility index (Phi) is 17.8. The average molecular weight is 260 g/mol. The SMILES string of the molecule is CCC[SiH3].[Fe].[cH-]1[cH-][cH-][cH-][cH-]1.c1cc[cH-]c1. The van der Waals surface area contributed by atoms with Crippen LogP contribution in [0.5, 0.6) is 0 Å². The molecule has 2 aromatic rings. The molecule has 0 atom stereocenters. The van der Waals surface area contributed by atoms with Crippen LogP contribution < -0.4 is 0 Å². The van der Waals surface area contributed by atoms with Crippen LogP contribution in [0.1, 0.15) is 13.3 Å². The molecule has 0 nitrogen and oxygen atoms in total. The first kappa shape index (κ1) is 16.9. The largest absolute Gasteiger partial charge is 0.748 e. The second kappa shape index (κ2) is 15.9. The van der Waals surface area contributed by atoms with E-state index in [2.05, 4.69) is 6.92 Å². The summed E-state index contributed by atoms with van der Waals surface area (Å²) in [5.74, 6) is 0. The molecule has 15 heavy (non-hydrogen) atoms. The molecule has 0 aliphatic rings. The maximum absolute atomic E-state index is 2.22. The van der Waals surface area contributed by atoms with Gasteiger partial charge in [-0.2, -0.15) is 18.2 Å². The van der Waals surface area contributed by atoms with Crippen molar-refractivity contribution in [1.29, 1.82) is 0 Å². The van der Waals surface area contributed by atoms with Crippen molar-refractivity contribution in [3.8, 4) is 0 Å². The van der Waals surface area contributed by atoms with E-state index in [1.165, 1.54) is 22.7 Å². The number of hydrogen-bond donors (Lipinski definition) is 0. The summed E-state index contributed by atoms with van der Waals surface area (Å²) in [7, 11) is 1.39. The Balaban J connectivity index is 0. The van der Waals surface area contributed by atoms with Gasteiger partial charge in [0.05, 0.1) is 0 Å². The molecule has 90 valence electrons. The summed E-state index contributed by atoms with van der Waals surface area (Å²) < 4.78 is 0. The Labute approximate surface area is 107 Å². The van der Waals surface area contributed by atoms with E-state index < -0.39 is 0 Å². The Morgan fingerprint density at radius 1 is 0.933 bits per heavy atom. The van der Waals surface area contributed by atoms with Crippen LogP contribution in [-0.4, -0.2) is 10.2 Å². The fourth-order valence-electron chi connectivity index (χ4n) is 0.642. The van der Waals surface area contributed by atoms with E-state index in [9.17, 15) is 0 Å². The van der Waals surface area contributed by atoms with Crippen LogP contribution in [0, 0.1) is 0 Å². The van der Waals surface area contributed by atoms with Gasteiger partial charge in [0.2, 0.25) is 0 Å². The smallest absolute Gasteiger partial charge is 0.00278 e. The van der Waals surface area contributed by atoms with Gasteiger partial charge < -0.3 is 30.3 Å². The van der Waals surface area contributed by atoms with Crippen molar-refractivity contribution in [1.82, 2.24) is 0 Å². The molecule has 2 aromatic carbocycles. The summed E-state index contributed by atoms with van der Waals surface area (Å²) in [5, 5.41) is 0. The summed E-state index contributed by atoms with van der Waals surface area (Å²) in [5.41, 5.74) is 0. The van der Waals surface area contributed by atoms with Crippen molar-refractivity contribution in [2.75, 3.05) is 0 Å². The van der Waals surface area contributed by atoms with Crippen LogP contribution in [0.3, 0.4) is 0 Å². The van der Waals surface area contributed by atoms with Crippen LogP contribution >= 0.6 is 0 Å². The summed E-state index contributed by atoms with van der Waals surface area (Å²) in [6, 6.07) is 21.5.